The van der Waals surface area contributed by atoms with E-state index in [1.807, 2.05) is 0 Å². The average Bonchev–Trinajstić information content (AvgIpc) is 2.40. The fraction of sp³-hybridized carbons (Fsp3) is 0.647. The highest BCUT2D eigenvalue weighted by molar-refractivity contribution is 7.80. The average molecular weight is 280 g/mol. The molecule has 0 aliphatic heterocycles. The first-order valence-electron chi connectivity index (χ1n) is 7.38. The van der Waals surface area contributed by atoms with E-state index in [1.54, 1.807) is 0 Å². The molecule has 0 fully saturated rings. The van der Waals surface area contributed by atoms with Crippen molar-refractivity contribution >= 4 is 12.6 Å². The van der Waals surface area contributed by atoms with Crippen LogP contribution in [0.3, 0.4) is 0 Å². The first-order valence-corrected chi connectivity index (χ1v) is 8.01. The summed E-state index contributed by atoms with van der Waals surface area (Å²) < 4.78 is 6.13. The predicted molar refractivity (Wildman–Crippen MR) is 87.5 cm³/mol. The SMILES string of the molecule is CCCC(CS)(CCC)COc1cc(C)ccc1C. The Morgan fingerprint density at radius 2 is 1.74 bits per heavy atom. The maximum atomic E-state index is 6.13. The largest absolute Gasteiger partial charge is 0.493 e. The molecular formula is C17H28OS. The minimum absolute atomic E-state index is 0.225. The van der Waals surface area contributed by atoms with E-state index in [2.05, 4.69) is 58.5 Å². The van der Waals surface area contributed by atoms with Gasteiger partial charge < -0.3 is 4.74 Å². The molecular weight excluding hydrogens is 252 g/mol. The van der Waals surface area contributed by atoms with Gasteiger partial charge >= 0.3 is 0 Å². The van der Waals surface area contributed by atoms with Crippen molar-refractivity contribution in [2.24, 2.45) is 5.41 Å². The van der Waals surface area contributed by atoms with Gasteiger partial charge in [-0.25, -0.2) is 0 Å². The van der Waals surface area contributed by atoms with Gasteiger partial charge in [0.1, 0.15) is 5.75 Å². The van der Waals surface area contributed by atoms with Crippen molar-refractivity contribution in [3.05, 3.63) is 29.3 Å². The lowest BCUT2D eigenvalue weighted by Gasteiger charge is -2.32. The molecule has 0 saturated heterocycles. The second-order valence-corrected chi connectivity index (χ2v) is 6.03. The first-order chi connectivity index (χ1) is 9.06. The molecule has 0 aliphatic rings. The van der Waals surface area contributed by atoms with Crippen molar-refractivity contribution in [3.63, 3.8) is 0 Å². The molecule has 0 aromatic heterocycles. The second kappa shape index (κ2) is 7.84. The van der Waals surface area contributed by atoms with Crippen molar-refractivity contribution in [1.82, 2.24) is 0 Å². The highest BCUT2D eigenvalue weighted by Crippen LogP contribution is 2.33. The molecule has 0 amide bonds. The Balaban J connectivity index is 2.77. The Hall–Kier alpha value is -0.630. The van der Waals surface area contributed by atoms with Gasteiger partial charge in [0, 0.05) is 5.41 Å². The van der Waals surface area contributed by atoms with Crippen LogP contribution in [0.4, 0.5) is 0 Å². The standard InChI is InChI=1S/C17H28OS/c1-5-9-17(13-19,10-6-2)12-18-16-11-14(3)7-8-15(16)4/h7-8,11,19H,5-6,9-10,12-13H2,1-4H3. The van der Waals surface area contributed by atoms with Gasteiger partial charge in [0.2, 0.25) is 0 Å². The number of aryl methyl sites for hydroxylation is 2. The van der Waals surface area contributed by atoms with Gasteiger partial charge in [-0.1, -0.05) is 38.8 Å². The first kappa shape index (κ1) is 16.4. The number of rotatable bonds is 8. The molecule has 0 radical (unpaired) electrons. The van der Waals surface area contributed by atoms with Gasteiger partial charge in [-0.15, -0.1) is 0 Å². The molecule has 0 bridgehead atoms. The van der Waals surface area contributed by atoms with E-state index in [4.69, 9.17) is 4.74 Å². The summed E-state index contributed by atoms with van der Waals surface area (Å²) >= 11 is 4.58. The lowest BCUT2D eigenvalue weighted by atomic mass is 9.82. The third-order valence-corrected chi connectivity index (χ3v) is 4.44. The molecule has 0 N–H and O–H groups in total. The fourth-order valence-electron chi connectivity index (χ4n) is 2.63. The molecule has 1 rings (SSSR count). The molecule has 1 aromatic carbocycles. The lowest BCUT2D eigenvalue weighted by Crippen LogP contribution is -2.30. The molecule has 0 saturated carbocycles. The Morgan fingerprint density at radius 1 is 1.11 bits per heavy atom. The van der Waals surface area contributed by atoms with Crippen LogP contribution >= 0.6 is 12.6 Å². The van der Waals surface area contributed by atoms with Crippen LogP contribution in [-0.2, 0) is 0 Å². The molecule has 19 heavy (non-hydrogen) atoms. The smallest absolute Gasteiger partial charge is 0.122 e. The van der Waals surface area contributed by atoms with Crippen molar-refractivity contribution in [2.45, 2.75) is 53.4 Å². The molecule has 0 unspecified atom stereocenters. The second-order valence-electron chi connectivity index (χ2n) is 5.72. The molecule has 2 heteroatoms. The summed E-state index contributed by atoms with van der Waals surface area (Å²) in [5.41, 5.74) is 2.69. The van der Waals surface area contributed by atoms with E-state index in [9.17, 15) is 0 Å². The van der Waals surface area contributed by atoms with Gasteiger partial charge in [-0.2, -0.15) is 12.6 Å². The minimum Gasteiger partial charge on any atom is -0.493 e. The maximum absolute atomic E-state index is 6.13. The van der Waals surface area contributed by atoms with Crippen LogP contribution in [0.5, 0.6) is 5.75 Å². The van der Waals surface area contributed by atoms with Crippen LogP contribution in [-0.4, -0.2) is 12.4 Å². The molecule has 0 atom stereocenters. The summed E-state index contributed by atoms with van der Waals surface area (Å²) in [4.78, 5) is 0. The summed E-state index contributed by atoms with van der Waals surface area (Å²) in [5.74, 6) is 1.93. The van der Waals surface area contributed by atoms with Gasteiger partial charge in [0.05, 0.1) is 6.61 Å². The normalized spacial score (nSPS) is 11.6. The number of ether oxygens (including phenoxy) is 1. The third-order valence-electron chi connectivity index (χ3n) is 3.77. The number of thiol groups is 1. The maximum Gasteiger partial charge on any atom is 0.122 e. The predicted octanol–water partition coefficient (Wildman–Crippen LogP) is 5.20. The quantitative estimate of drug-likeness (QED) is 0.644. The third kappa shape index (κ3) is 4.76. The molecule has 0 spiro atoms. The van der Waals surface area contributed by atoms with Gasteiger partial charge in [-0.05, 0) is 49.6 Å². The molecule has 108 valence electrons. The van der Waals surface area contributed by atoms with Crippen LogP contribution in [0.25, 0.3) is 0 Å². The van der Waals surface area contributed by atoms with Crippen molar-refractivity contribution in [1.29, 1.82) is 0 Å². The van der Waals surface area contributed by atoms with E-state index in [1.165, 1.54) is 36.8 Å². The Bertz CT molecular complexity index is 381. The zero-order valence-electron chi connectivity index (χ0n) is 12.8. The Morgan fingerprint density at radius 3 is 2.26 bits per heavy atom. The van der Waals surface area contributed by atoms with Gasteiger partial charge in [0.25, 0.3) is 0 Å². The van der Waals surface area contributed by atoms with Gasteiger partial charge in [-0.3, -0.25) is 0 Å². The Labute approximate surface area is 124 Å². The highest BCUT2D eigenvalue weighted by Gasteiger charge is 2.28. The number of benzene rings is 1. The zero-order valence-corrected chi connectivity index (χ0v) is 13.7. The fourth-order valence-corrected chi connectivity index (χ4v) is 3.03. The van der Waals surface area contributed by atoms with Crippen molar-refractivity contribution in [3.8, 4) is 5.75 Å². The molecule has 0 aliphatic carbocycles. The van der Waals surface area contributed by atoms with Crippen LogP contribution in [0.1, 0.15) is 50.7 Å². The van der Waals surface area contributed by atoms with Crippen molar-refractivity contribution < 1.29 is 4.74 Å². The topological polar surface area (TPSA) is 9.23 Å². The van der Waals surface area contributed by atoms with E-state index < -0.39 is 0 Å². The van der Waals surface area contributed by atoms with Gasteiger partial charge in [0.15, 0.2) is 0 Å². The minimum atomic E-state index is 0.225. The number of hydrogen-bond acceptors (Lipinski definition) is 2. The number of hydrogen-bond donors (Lipinski definition) is 1. The van der Waals surface area contributed by atoms with E-state index in [-0.39, 0.29) is 5.41 Å². The monoisotopic (exact) mass is 280 g/mol. The summed E-state index contributed by atoms with van der Waals surface area (Å²) in [5, 5.41) is 0. The summed E-state index contributed by atoms with van der Waals surface area (Å²) in [6, 6.07) is 6.40. The van der Waals surface area contributed by atoms with Crippen LogP contribution in [0.15, 0.2) is 18.2 Å². The molecule has 1 aromatic rings. The highest BCUT2D eigenvalue weighted by atomic mass is 32.1. The Kier molecular flexibility index (Phi) is 6.78. The van der Waals surface area contributed by atoms with Crippen molar-refractivity contribution in [2.75, 3.05) is 12.4 Å². The zero-order chi connectivity index (χ0) is 14.3. The van der Waals surface area contributed by atoms with Crippen LogP contribution < -0.4 is 4.74 Å². The van der Waals surface area contributed by atoms with E-state index in [0.29, 0.717) is 0 Å². The summed E-state index contributed by atoms with van der Waals surface area (Å²) in [6.07, 6.45) is 4.76. The summed E-state index contributed by atoms with van der Waals surface area (Å²) in [7, 11) is 0. The van der Waals surface area contributed by atoms with Crippen LogP contribution in [0.2, 0.25) is 0 Å². The summed E-state index contributed by atoms with van der Waals surface area (Å²) in [6.45, 7) is 9.48. The molecule has 1 nitrogen and oxygen atoms in total. The lowest BCUT2D eigenvalue weighted by molar-refractivity contribution is 0.143. The molecule has 0 heterocycles. The van der Waals surface area contributed by atoms with E-state index in [0.717, 1.165) is 18.1 Å². The van der Waals surface area contributed by atoms with E-state index >= 15 is 0 Å². The van der Waals surface area contributed by atoms with Crippen LogP contribution in [0, 0.1) is 19.3 Å².